The Kier molecular flexibility index (Phi) is 18.5. The fourth-order valence-corrected chi connectivity index (χ4v) is 2.37. The number of carbonyl (C=O) groups excluding carboxylic acids is 2. The topological polar surface area (TPSA) is 120 Å². The Morgan fingerprint density at radius 2 is 1.18 bits per heavy atom. The van der Waals surface area contributed by atoms with Crippen molar-refractivity contribution in [2.75, 3.05) is 13.2 Å². The van der Waals surface area contributed by atoms with E-state index in [0.717, 1.165) is 36.8 Å². The van der Waals surface area contributed by atoms with E-state index in [0.29, 0.717) is 18.9 Å². The van der Waals surface area contributed by atoms with Crippen molar-refractivity contribution in [1.29, 1.82) is 0 Å². The van der Waals surface area contributed by atoms with Crippen molar-refractivity contribution >= 4 is 53.4 Å². The van der Waals surface area contributed by atoms with Crippen LogP contribution in [-0.4, -0.2) is 48.1 Å². The van der Waals surface area contributed by atoms with E-state index in [2.05, 4.69) is 29.9 Å². The van der Waals surface area contributed by atoms with Crippen molar-refractivity contribution in [3.05, 3.63) is 72.2 Å². The van der Waals surface area contributed by atoms with Gasteiger partial charge in [-0.2, -0.15) is 0 Å². The second-order valence-corrected chi connectivity index (χ2v) is 8.60. The van der Waals surface area contributed by atoms with Crippen molar-refractivity contribution in [2.24, 2.45) is 20.6 Å². The summed E-state index contributed by atoms with van der Waals surface area (Å²) < 4.78 is 0. The third-order valence-electron chi connectivity index (χ3n) is 4.41. The van der Waals surface area contributed by atoms with Crippen LogP contribution < -0.4 is 0 Å². The van der Waals surface area contributed by atoms with Gasteiger partial charge in [0.05, 0.1) is 12.4 Å². The molecule has 2 atom stereocenters. The highest BCUT2D eigenvalue weighted by molar-refractivity contribution is 7.45. The van der Waals surface area contributed by atoms with Gasteiger partial charge in [-0.05, 0) is 62.8 Å². The van der Waals surface area contributed by atoms with E-state index in [1.165, 1.54) is 12.5 Å². The Morgan fingerprint density at radius 3 is 1.76 bits per heavy atom. The average Bonchev–Trinajstić information content (AvgIpc) is 2.90. The van der Waals surface area contributed by atoms with Gasteiger partial charge in [0.15, 0.2) is 11.0 Å². The Bertz CT molecular complexity index is 1060. The molecule has 0 aliphatic rings. The summed E-state index contributed by atoms with van der Waals surface area (Å²) in [4.78, 5) is 42.2. The zero-order valence-corrected chi connectivity index (χ0v) is 23.9. The van der Waals surface area contributed by atoms with Gasteiger partial charge in [0.2, 0.25) is 0 Å². The van der Waals surface area contributed by atoms with Crippen LogP contribution in [-0.2, 0) is 28.9 Å². The summed E-state index contributed by atoms with van der Waals surface area (Å²) >= 11 is 0. The van der Waals surface area contributed by atoms with Crippen LogP contribution in [0.3, 0.4) is 0 Å². The lowest BCUT2D eigenvalue weighted by molar-refractivity contribution is -0.106. The lowest BCUT2D eigenvalue weighted by Crippen LogP contribution is -2.02. The van der Waals surface area contributed by atoms with Crippen LogP contribution in [0.25, 0.3) is 0 Å². The Hall–Kier alpha value is -3.48. The molecule has 0 heterocycles. The number of carbonyl (C=O) groups is 2. The number of nitrogens with zero attached hydrogens (tertiary/aromatic N) is 4. The van der Waals surface area contributed by atoms with E-state index < -0.39 is 0 Å². The molecule has 0 aromatic heterocycles. The molecule has 0 N–H and O–H groups in total. The summed E-state index contributed by atoms with van der Waals surface area (Å²) in [7, 11) is 4.08. The Balaban J connectivity index is 2.15. The fourth-order valence-electron chi connectivity index (χ4n) is 2.26. The first-order chi connectivity index (χ1) is 18.4. The number of hydrogen-bond acceptors (Lipinski definition) is 10. The molecule has 12 heteroatoms. The molecular weight excluding hydrogens is 526 g/mol. The van der Waals surface area contributed by atoms with Gasteiger partial charge in [0.25, 0.3) is 0 Å². The SMILES string of the molecule is CC(=NOC=CC=CC=CON=Cc1ccc(C=NOCCCCCCON=C(C)C(=O)P)cc1)C(=O)P. The first kappa shape index (κ1) is 32.5. The van der Waals surface area contributed by atoms with Crippen molar-refractivity contribution in [2.45, 2.75) is 39.5 Å². The lowest BCUT2D eigenvalue weighted by atomic mass is 10.2. The zero-order valence-electron chi connectivity index (χ0n) is 21.6. The van der Waals surface area contributed by atoms with Gasteiger partial charge >= 0.3 is 0 Å². The Morgan fingerprint density at radius 1 is 0.684 bits per heavy atom. The molecule has 0 spiro atoms. The number of allylic oxidation sites excluding steroid dienone is 4. The Labute approximate surface area is 227 Å². The molecule has 1 aromatic rings. The van der Waals surface area contributed by atoms with Crippen LogP contribution in [0.15, 0.2) is 81.7 Å². The summed E-state index contributed by atoms with van der Waals surface area (Å²) in [5, 5.41) is 15.2. The van der Waals surface area contributed by atoms with E-state index in [4.69, 9.17) is 19.4 Å². The molecule has 38 heavy (non-hydrogen) atoms. The van der Waals surface area contributed by atoms with Gasteiger partial charge < -0.3 is 19.4 Å². The van der Waals surface area contributed by atoms with E-state index >= 15 is 0 Å². The minimum absolute atomic E-state index is 0.168. The number of rotatable bonds is 19. The van der Waals surface area contributed by atoms with Crippen LogP contribution in [0.4, 0.5) is 0 Å². The van der Waals surface area contributed by atoms with Gasteiger partial charge in [0, 0.05) is 0 Å². The fraction of sp³-hybridized carbons (Fsp3) is 0.308. The highest BCUT2D eigenvalue weighted by Gasteiger charge is 1.98. The predicted octanol–water partition coefficient (Wildman–Crippen LogP) is 5.12. The van der Waals surface area contributed by atoms with Crippen molar-refractivity contribution < 1.29 is 28.9 Å². The predicted molar refractivity (Wildman–Crippen MR) is 157 cm³/mol. The van der Waals surface area contributed by atoms with Crippen molar-refractivity contribution in [3.63, 3.8) is 0 Å². The largest absolute Gasteiger partial charge is 0.396 e. The van der Waals surface area contributed by atoms with Gasteiger partial charge in [-0.3, -0.25) is 9.59 Å². The maximum atomic E-state index is 11.0. The average molecular weight is 561 g/mol. The van der Waals surface area contributed by atoms with E-state index in [1.54, 1.807) is 50.6 Å². The van der Waals surface area contributed by atoms with Crippen LogP contribution in [0.1, 0.15) is 50.7 Å². The minimum atomic E-state index is -0.225. The number of hydrogen-bond donors (Lipinski definition) is 0. The summed E-state index contributed by atoms with van der Waals surface area (Å²) in [6.45, 7) is 4.20. The first-order valence-electron chi connectivity index (χ1n) is 11.8. The number of oxime groups is 4. The molecule has 0 radical (unpaired) electrons. The number of benzene rings is 1. The molecule has 10 nitrogen and oxygen atoms in total. The van der Waals surface area contributed by atoms with Gasteiger partial charge in [0.1, 0.15) is 37.2 Å². The second-order valence-electron chi connectivity index (χ2n) is 7.55. The molecule has 0 amide bonds. The number of unbranched alkanes of at least 4 members (excludes halogenated alkanes) is 3. The second kappa shape index (κ2) is 21.6. The van der Waals surface area contributed by atoms with Gasteiger partial charge in [-0.1, -0.05) is 75.5 Å². The van der Waals surface area contributed by atoms with Gasteiger partial charge in [-0.15, -0.1) is 0 Å². The molecule has 1 aromatic carbocycles. The van der Waals surface area contributed by atoms with E-state index in [9.17, 15) is 9.59 Å². The summed E-state index contributed by atoms with van der Waals surface area (Å²) in [6, 6.07) is 7.58. The molecule has 0 aliphatic heterocycles. The first-order valence-corrected chi connectivity index (χ1v) is 12.9. The molecule has 0 saturated heterocycles. The molecule has 0 fully saturated rings. The molecule has 204 valence electrons. The summed E-state index contributed by atoms with van der Waals surface area (Å²) in [6.07, 6.45) is 16.5. The normalized spacial score (nSPS) is 12.8. The molecule has 1 rings (SSSR count). The monoisotopic (exact) mass is 560 g/mol. The standard InChI is InChI=1S/C26H34N4O6P2/c1-21(25(31)37)29-35-17-9-5-3-7-15-33-27-19-23-11-13-24(14-12-23)20-28-34-16-8-4-6-10-18-36-30-22(2)26(32)38/h3,5,7,9,11-15,17,19-20H,4,6,8,10,16,18,37-38H2,1-2H3. The van der Waals surface area contributed by atoms with Crippen LogP contribution in [0.5, 0.6) is 0 Å². The third-order valence-corrected chi connectivity index (χ3v) is 5.25. The van der Waals surface area contributed by atoms with Crippen molar-refractivity contribution in [1.82, 2.24) is 0 Å². The zero-order chi connectivity index (χ0) is 27.8. The lowest BCUT2D eigenvalue weighted by Gasteiger charge is -2.01. The highest BCUT2D eigenvalue weighted by Crippen LogP contribution is 2.03. The quantitative estimate of drug-likeness (QED) is 0.0578. The summed E-state index contributed by atoms with van der Waals surface area (Å²) in [5.74, 6) is 0. The van der Waals surface area contributed by atoms with Crippen LogP contribution in [0, 0.1) is 0 Å². The summed E-state index contributed by atoms with van der Waals surface area (Å²) in [5.41, 5.74) is 1.99. The minimum Gasteiger partial charge on any atom is -0.396 e. The molecule has 0 bridgehead atoms. The van der Waals surface area contributed by atoms with E-state index in [-0.39, 0.29) is 16.8 Å². The smallest absolute Gasteiger partial charge is 0.195 e. The highest BCUT2D eigenvalue weighted by atomic mass is 31.0. The van der Waals surface area contributed by atoms with Crippen LogP contribution in [0.2, 0.25) is 0 Å². The molecule has 2 unspecified atom stereocenters. The molecule has 0 saturated carbocycles. The van der Waals surface area contributed by atoms with E-state index in [1.807, 2.05) is 33.5 Å². The van der Waals surface area contributed by atoms with Crippen molar-refractivity contribution in [3.8, 4) is 0 Å². The maximum absolute atomic E-state index is 11.0. The maximum Gasteiger partial charge on any atom is 0.195 e. The van der Waals surface area contributed by atoms with Gasteiger partial charge in [-0.25, -0.2) is 0 Å². The molecular formula is C26H34N4O6P2. The van der Waals surface area contributed by atoms with Crippen LogP contribution >= 0.6 is 18.5 Å². The third kappa shape index (κ3) is 17.9. The molecule has 0 aliphatic carbocycles.